The first kappa shape index (κ1) is 9.51. The van der Waals surface area contributed by atoms with E-state index in [0.29, 0.717) is 12.2 Å². The van der Waals surface area contributed by atoms with E-state index in [0.717, 1.165) is 5.76 Å². The molecule has 0 fully saturated rings. The summed E-state index contributed by atoms with van der Waals surface area (Å²) in [7, 11) is 0. The molecule has 13 heavy (non-hydrogen) atoms. The highest BCUT2D eigenvalue weighted by molar-refractivity contribution is 5.45. The van der Waals surface area contributed by atoms with Gasteiger partial charge >= 0.3 is 0 Å². The van der Waals surface area contributed by atoms with E-state index < -0.39 is 4.92 Å². The minimum absolute atomic E-state index is 0.161. The smallest absolute Gasteiger partial charge is 0.249 e. The number of hydrogen-bond acceptors (Lipinski definition) is 3. The maximum absolute atomic E-state index is 10.4. The Labute approximate surface area is 76.0 Å². The molecule has 1 aromatic rings. The van der Waals surface area contributed by atoms with Gasteiger partial charge in [-0.3, -0.25) is 10.1 Å². The largest absolute Gasteiger partial charge is 0.462 e. The lowest BCUT2D eigenvalue weighted by Gasteiger charge is -1.91. The molecular formula is C9H11NO3. The zero-order valence-electron chi connectivity index (χ0n) is 7.61. The molecule has 0 spiro atoms. The van der Waals surface area contributed by atoms with Crippen molar-refractivity contribution in [1.29, 1.82) is 0 Å². The van der Waals surface area contributed by atoms with Crippen molar-refractivity contribution in [3.63, 3.8) is 0 Å². The average Bonchev–Trinajstić information content (AvgIpc) is 2.46. The summed E-state index contributed by atoms with van der Waals surface area (Å²) in [6, 6.07) is 3.49. The fourth-order valence-electron chi connectivity index (χ4n) is 0.979. The first-order valence-electron chi connectivity index (χ1n) is 4.05. The number of nitro groups is 1. The fraction of sp³-hybridized carbons (Fsp3) is 0.333. The summed E-state index contributed by atoms with van der Waals surface area (Å²) >= 11 is 0. The molecule has 0 aromatic carbocycles. The molecule has 0 aliphatic heterocycles. The molecule has 0 amide bonds. The van der Waals surface area contributed by atoms with Crippen molar-refractivity contribution in [2.45, 2.75) is 20.3 Å². The molecule has 1 heterocycles. The van der Waals surface area contributed by atoms with E-state index in [1.165, 1.54) is 6.08 Å². The van der Waals surface area contributed by atoms with Crippen LogP contribution in [0.15, 0.2) is 22.2 Å². The van der Waals surface area contributed by atoms with Gasteiger partial charge in [0.15, 0.2) is 0 Å². The predicted molar refractivity (Wildman–Crippen MR) is 48.7 cm³/mol. The maximum Gasteiger partial charge on any atom is 0.249 e. The number of aryl methyl sites for hydroxylation is 1. The van der Waals surface area contributed by atoms with E-state index in [4.69, 9.17) is 4.42 Å². The van der Waals surface area contributed by atoms with Gasteiger partial charge in [0.1, 0.15) is 11.5 Å². The summed E-state index contributed by atoms with van der Waals surface area (Å²) in [6.07, 6.45) is 1.85. The number of furan rings is 1. The van der Waals surface area contributed by atoms with Gasteiger partial charge in [-0.05, 0) is 19.1 Å². The van der Waals surface area contributed by atoms with Gasteiger partial charge in [-0.25, -0.2) is 0 Å². The summed E-state index contributed by atoms with van der Waals surface area (Å²) in [5.41, 5.74) is 0.161. The Morgan fingerprint density at radius 3 is 2.77 bits per heavy atom. The third-order valence-electron chi connectivity index (χ3n) is 1.67. The van der Waals surface area contributed by atoms with Crippen molar-refractivity contribution in [3.8, 4) is 0 Å². The predicted octanol–water partition coefficient (Wildman–Crippen LogP) is 2.62. The summed E-state index contributed by atoms with van der Waals surface area (Å²) in [4.78, 5) is 10.0. The van der Waals surface area contributed by atoms with E-state index >= 15 is 0 Å². The highest BCUT2D eigenvalue weighted by atomic mass is 16.6. The molecule has 1 aromatic heterocycles. The van der Waals surface area contributed by atoms with Gasteiger partial charge in [-0.15, -0.1) is 0 Å². The van der Waals surface area contributed by atoms with Crippen LogP contribution in [0.1, 0.15) is 24.9 Å². The molecule has 0 saturated heterocycles. The van der Waals surface area contributed by atoms with E-state index in [1.54, 1.807) is 26.0 Å². The van der Waals surface area contributed by atoms with Gasteiger partial charge in [0.05, 0.1) is 11.0 Å². The molecule has 0 saturated carbocycles. The van der Waals surface area contributed by atoms with Crippen molar-refractivity contribution in [3.05, 3.63) is 39.5 Å². The lowest BCUT2D eigenvalue weighted by molar-refractivity contribution is -0.425. The van der Waals surface area contributed by atoms with E-state index in [2.05, 4.69) is 0 Å². The van der Waals surface area contributed by atoms with Crippen molar-refractivity contribution in [2.24, 2.45) is 0 Å². The van der Waals surface area contributed by atoms with Crippen LogP contribution in [0, 0.1) is 17.0 Å². The van der Waals surface area contributed by atoms with Gasteiger partial charge in [-0.2, -0.15) is 0 Å². The topological polar surface area (TPSA) is 56.3 Å². The van der Waals surface area contributed by atoms with Crippen molar-refractivity contribution >= 4 is 6.08 Å². The highest BCUT2D eigenvalue weighted by Crippen LogP contribution is 2.12. The Morgan fingerprint density at radius 2 is 2.38 bits per heavy atom. The number of rotatable bonds is 3. The van der Waals surface area contributed by atoms with Crippen LogP contribution in [0.3, 0.4) is 0 Å². The standard InChI is InChI=1S/C9H11NO3/c1-3-8(10(11)12)6-9-5-4-7(2)13-9/h4-6H,3H2,1-2H3. The minimum atomic E-state index is -0.391. The van der Waals surface area contributed by atoms with E-state index in [9.17, 15) is 10.1 Å². The second-order valence-corrected chi connectivity index (χ2v) is 2.69. The Kier molecular flexibility index (Phi) is 2.84. The molecule has 4 heteroatoms. The average molecular weight is 181 g/mol. The van der Waals surface area contributed by atoms with Crippen LogP contribution in [0.4, 0.5) is 0 Å². The van der Waals surface area contributed by atoms with Crippen LogP contribution in [0.2, 0.25) is 0 Å². The van der Waals surface area contributed by atoms with Crippen molar-refractivity contribution in [1.82, 2.24) is 0 Å². The molecule has 0 aliphatic rings. The molecule has 0 unspecified atom stereocenters. The van der Waals surface area contributed by atoms with E-state index in [1.807, 2.05) is 0 Å². The monoisotopic (exact) mass is 181 g/mol. The maximum atomic E-state index is 10.4. The molecule has 0 aliphatic carbocycles. The molecule has 0 N–H and O–H groups in total. The molecule has 70 valence electrons. The van der Waals surface area contributed by atoms with Crippen LogP contribution in [-0.4, -0.2) is 4.92 Å². The molecule has 0 atom stereocenters. The summed E-state index contributed by atoms with van der Waals surface area (Å²) in [6.45, 7) is 3.54. The molecule has 1 rings (SSSR count). The van der Waals surface area contributed by atoms with Crippen molar-refractivity contribution < 1.29 is 9.34 Å². The number of allylic oxidation sites excluding steroid dienone is 1. The molecular weight excluding hydrogens is 170 g/mol. The first-order chi connectivity index (χ1) is 6.13. The Morgan fingerprint density at radius 1 is 1.69 bits per heavy atom. The number of hydrogen-bond donors (Lipinski definition) is 0. The zero-order valence-corrected chi connectivity index (χ0v) is 7.61. The first-order valence-corrected chi connectivity index (χ1v) is 4.05. The molecule has 0 radical (unpaired) electrons. The molecule has 0 bridgehead atoms. The lowest BCUT2D eigenvalue weighted by Crippen LogP contribution is -1.95. The fourth-order valence-corrected chi connectivity index (χ4v) is 0.979. The van der Waals surface area contributed by atoms with Crippen LogP contribution < -0.4 is 0 Å². The van der Waals surface area contributed by atoms with Gasteiger partial charge in [0.25, 0.3) is 0 Å². The third-order valence-corrected chi connectivity index (χ3v) is 1.67. The SMILES string of the molecule is CCC(=Cc1ccc(C)o1)[N+](=O)[O-]. The van der Waals surface area contributed by atoms with Crippen LogP contribution in [0.5, 0.6) is 0 Å². The second-order valence-electron chi connectivity index (χ2n) is 2.69. The van der Waals surface area contributed by atoms with Crippen LogP contribution in [-0.2, 0) is 0 Å². The van der Waals surface area contributed by atoms with Crippen LogP contribution >= 0.6 is 0 Å². The van der Waals surface area contributed by atoms with Gasteiger partial charge in [-0.1, -0.05) is 6.92 Å². The third kappa shape index (κ3) is 2.43. The van der Waals surface area contributed by atoms with E-state index in [-0.39, 0.29) is 5.70 Å². The second kappa shape index (κ2) is 3.89. The Hall–Kier alpha value is -1.58. The van der Waals surface area contributed by atoms with Crippen LogP contribution in [0.25, 0.3) is 6.08 Å². The highest BCUT2D eigenvalue weighted by Gasteiger charge is 2.08. The zero-order chi connectivity index (χ0) is 9.84. The number of nitrogens with zero attached hydrogens (tertiary/aromatic N) is 1. The Balaban J connectivity index is 2.91. The quantitative estimate of drug-likeness (QED) is 0.532. The Bertz CT molecular complexity index is 338. The summed E-state index contributed by atoms with van der Waals surface area (Å²) in [5.74, 6) is 1.29. The van der Waals surface area contributed by atoms with Gasteiger partial charge in [0.2, 0.25) is 5.70 Å². The summed E-state index contributed by atoms with van der Waals surface area (Å²) < 4.78 is 5.19. The van der Waals surface area contributed by atoms with Crippen molar-refractivity contribution in [2.75, 3.05) is 0 Å². The summed E-state index contributed by atoms with van der Waals surface area (Å²) in [5, 5.41) is 10.4. The normalized spacial score (nSPS) is 11.7. The van der Waals surface area contributed by atoms with Gasteiger partial charge < -0.3 is 4.42 Å². The lowest BCUT2D eigenvalue weighted by atomic mass is 10.3. The minimum Gasteiger partial charge on any atom is -0.462 e. The molecule has 4 nitrogen and oxygen atoms in total. The van der Waals surface area contributed by atoms with Gasteiger partial charge in [0, 0.05) is 6.42 Å².